The first-order valence-corrected chi connectivity index (χ1v) is 24.5. The molecule has 2 aliphatic heterocycles. The molecule has 0 unspecified atom stereocenters. The largest absolute Gasteiger partial charge is 0.446 e. The molecular weight excluding hydrogens is 989 g/mol. The lowest BCUT2D eigenvalue weighted by Crippen LogP contribution is -2.49. The third-order valence-electron chi connectivity index (χ3n) is 11.1. The maximum absolute atomic E-state index is 12.2. The molecule has 6 aromatic rings. The van der Waals surface area contributed by atoms with Gasteiger partial charge < -0.3 is 41.3 Å². The summed E-state index contributed by atoms with van der Waals surface area (Å²) in [5.74, 6) is 1.11. The molecule has 0 radical (unpaired) electrons. The molecule has 0 atom stereocenters. The first-order chi connectivity index (χ1) is 35.8. The number of nitrogens with zero attached hydrogens (tertiary/aromatic N) is 7. The summed E-state index contributed by atoms with van der Waals surface area (Å²) in [6.07, 6.45) is -2.24. The van der Waals surface area contributed by atoms with Crippen molar-refractivity contribution in [3.63, 3.8) is 0 Å². The maximum Gasteiger partial charge on any atom is 0.446 e. The summed E-state index contributed by atoms with van der Waals surface area (Å²) in [5.41, 5.74) is 9.21. The van der Waals surface area contributed by atoms with E-state index in [1.807, 2.05) is 91.5 Å². The summed E-state index contributed by atoms with van der Waals surface area (Å²) in [6.45, 7) is 17.7. The zero-order valence-corrected chi connectivity index (χ0v) is 43.4. The molecule has 0 spiro atoms. The van der Waals surface area contributed by atoms with Crippen LogP contribution in [0.3, 0.4) is 0 Å². The Bertz CT molecular complexity index is 2790. The second kappa shape index (κ2) is 28.5. The van der Waals surface area contributed by atoms with E-state index in [1.54, 1.807) is 26.2 Å². The van der Waals surface area contributed by atoms with Gasteiger partial charge in [-0.15, -0.1) is 0 Å². The van der Waals surface area contributed by atoms with Crippen molar-refractivity contribution in [1.29, 1.82) is 0 Å². The fourth-order valence-electron chi connectivity index (χ4n) is 7.26. The molecule has 75 heavy (non-hydrogen) atoms. The highest BCUT2D eigenvalue weighted by atomic mass is 35.5. The van der Waals surface area contributed by atoms with Gasteiger partial charge in [-0.25, -0.2) is 19.9 Å². The summed E-state index contributed by atoms with van der Waals surface area (Å²) in [5, 5.41) is 15.2. The highest BCUT2D eigenvalue weighted by molar-refractivity contribution is 6.63. The van der Waals surface area contributed by atoms with Crippen LogP contribution in [-0.2, 0) is 24.0 Å². The molecule has 17 nitrogen and oxygen atoms in total. The van der Waals surface area contributed by atoms with Crippen LogP contribution in [0.5, 0.6) is 0 Å². The average molecular weight is 1050 g/mol. The topological polar surface area (TPSA) is 207 Å². The summed E-state index contributed by atoms with van der Waals surface area (Å²) in [6, 6.07) is 35.4. The lowest BCUT2D eigenvalue weighted by molar-refractivity contribution is -0.156. The number of benzene rings is 4. The van der Waals surface area contributed by atoms with E-state index in [2.05, 4.69) is 92.7 Å². The fourth-order valence-corrected chi connectivity index (χ4v) is 7.26. The Morgan fingerprint density at radius 3 is 1.27 bits per heavy atom. The number of hydrogen-bond acceptors (Lipinski definition) is 14. The SMILES string of the molecule is CC(=O)Nc1ccc(-c2ccnc(Nc3ccc(N4CCN(C(=O)C(C)C)CC4)cc3)n2)cc1.CC(=O)Nc1ccc(-c2ccnc(Nc3ccc(N4CCNCC4)cc3)n2)cc1.CC(C)C(=O)Cl.O=CC(F)(F)F. The second-order valence-corrected chi connectivity index (χ2v) is 18.1. The van der Waals surface area contributed by atoms with E-state index >= 15 is 0 Å². The number of alkyl halides is 3. The lowest BCUT2D eigenvalue weighted by Gasteiger charge is -2.37. The van der Waals surface area contributed by atoms with Crippen LogP contribution in [0.2, 0.25) is 0 Å². The van der Waals surface area contributed by atoms with Crippen molar-refractivity contribution in [1.82, 2.24) is 30.2 Å². The average Bonchev–Trinajstić information content (AvgIpc) is 3.40. The Labute approximate surface area is 439 Å². The first kappa shape index (κ1) is 57.9. The molecule has 396 valence electrons. The van der Waals surface area contributed by atoms with Crippen molar-refractivity contribution in [2.75, 3.05) is 83.4 Å². The highest BCUT2D eigenvalue weighted by Crippen LogP contribution is 2.26. The van der Waals surface area contributed by atoms with Crippen LogP contribution in [0.1, 0.15) is 41.5 Å². The summed E-state index contributed by atoms with van der Waals surface area (Å²) in [4.78, 5) is 77.7. The number of anilines is 8. The lowest BCUT2D eigenvalue weighted by atomic mass is 10.1. The van der Waals surface area contributed by atoms with Crippen molar-refractivity contribution in [3.8, 4) is 22.5 Å². The molecular formula is C54H62ClF3N12O5. The first-order valence-electron chi connectivity index (χ1n) is 24.1. The minimum absolute atomic E-state index is 0.0216. The monoisotopic (exact) mass is 1050 g/mol. The van der Waals surface area contributed by atoms with Gasteiger partial charge >= 0.3 is 6.18 Å². The Kier molecular flexibility index (Phi) is 22.0. The zero-order valence-electron chi connectivity index (χ0n) is 42.6. The van der Waals surface area contributed by atoms with Crippen molar-refractivity contribution in [2.45, 2.75) is 47.7 Å². The molecule has 2 aliphatic rings. The van der Waals surface area contributed by atoms with E-state index in [4.69, 9.17) is 16.4 Å². The predicted molar refractivity (Wildman–Crippen MR) is 290 cm³/mol. The van der Waals surface area contributed by atoms with E-state index in [0.717, 1.165) is 103 Å². The Balaban J connectivity index is 0.000000229. The third-order valence-corrected chi connectivity index (χ3v) is 11.5. The highest BCUT2D eigenvalue weighted by Gasteiger charge is 2.25. The van der Waals surface area contributed by atoms with Gasteiger partial charge in [-0.05, 0) is 96.5 Å². The second-order valence-electron chi connectivity index (χ2n) is 17.7. The molecule has 4 aromatic carbocycles. The van der Waals surface area contributed by atoms with Crippen LogP contribution in [0.15, 0.2) is 122 Å². The van der Waals surface area contributed by atoms with Crippen LogP contribution in [-0.4, -0.2) is 113 Å². The molecule has 21 heteroatoms. The molecule has 2 saturated heterocycles. The molecule has 3 amide bonds. The molecule has 2 aromatic heterocycles. The van der Waals surface area contributed by atoms with Gasteiger partial charge in [0.05, 0.1) is 11.4 Å². The number of halogens is 4. The third kappa shape index (κ3) is 19.8. The van der Waals surface area contributed by atoms with Crippen LogP contribution in [0, 0.1) is 11.8 Å². The van der Waals surface area contributed by atoms with Gasteiger partial charge in [0.1, 0.15) is 0 Å². The van der Waals surface area contributed by atoms with E-state index in [-0.39, 0.29) is 34.8 Å². The Hall–Kier alpha value is -7.97. The van der Waals surface area contributed by atoms with Gasteiger partial charge in [0.2, 0.25) is 41.1 Å². The molecule has 0 bridgehead atoms. The van der Waals surface area contributed by atoms with Crippen molar-refractivity contribution >= 4 is 86.9 Å². The van der Waals surface area contributed by atoms with Crippen LogP contribution in [0.4, 0.5) is 59.2 Å². The normalized spacial score (nSPS) is 13.1. The van der Waals surface area contributed by atoms with E-state index < -0.39 is 12.5 Å². The number of amides is 3. The number of aldehydes is 1. The van der Waals surface area contributed by atoms with Gasteiger partial charge in [0.25, 0.3) is 0 Å². The van der Waals surface area contributed by atoms with Crippen molar-refractivity contribution in [2.24, 2.45) is 11.8 Å². The molecule has 0 aliphatic carbocycles. The van der Waals surface area contributed by atoms with E-state index in [9.17, 15) is 32.3 Å². The minimum Gasteiger partial charge on any atom is -0.369 e. The number of piperazine rings is 2. The van der Waals surface area contributed by atoms with Gasteiger partial charge in [-0.1, -0.05) is 52.0 Å². The molecule has 2 fully saturated rings. The standard InChI is InChI=1S/C26H30N6O2.C22H24N6O.C4H7ClO.C2HF3O/c1-18(2)25(34)32-16-14-31(15-17-32)23-10-8-22(9-11-23)29-26-27-13-12-24(30-26)20-4-6-21(7-5-20)28-19(3)33;1-16(29)25-18-4-2-17(3-5-18)21-10-11-24-22(27-21)26-19-6-8-20(9-7-19)28-14-12-23-13-15-28;1-3(2)4(5)6;3-2(4,5)1-6/h4-13,18H,14-17H2,1-3H3,(H,28,33)(H,27,29,30);2-11,23H,12-15H2,1H3,(H,25,29)(H,24,26,27);3H,1-2H3;1H. The zero-order chi connectivity index (χ0) is 54.5. The quantitative estimate of drug-likeness (QED) is 0.0572. The van der Waals surface area contributed by atoms with Gasteiger partial charge in [0, 0.05) is 136 Å². The fraction of sp³-hybridized carbons (Fsp3) is 0.315. The van der Waals surface area contributed by atoms with Crippen LogP contribution < -0.4 is 36.4 Å². The minimum atomic E-state index is -4.64. The van der Waals surface area contributed by atoms with Crippen molar-refractivity contribution < 1.29 is 37.1 Å². The molecule has 4 heterocycles. The van der Waals surface area contributed by atoms with Crippen molar-refractivity contribution in [3.05, 3.63) is 122 Å². The molecule has 5 N–H and O–H groups in total. The number of nitrogens with one attached hydrogen (secondary N) is 5. The summed E-state index contributed by atoms with van der Waals surface area (Å²) >= 11 is 4.97. The Morgan fingerprint density at radius 2 is 0.933 bits per heavy atom. The van der Waals surface area contributed by atoms with Gasteiger partial charge in [0.15, 0.2) is 0 Å². The summed E-state index contributed by atoms with van der Waals surface area (Å²) < 4.78 is 31.2. The smallest absolute Gasteiger partial charge is 0.369 e. The van der Waals surface area contributed by atoms with E-state index in [0.29, 0.717) is 11.9 Å². The predicted octanol–water partition coefficient (Wildman–Crippen LogP) is 9.56. The number of aromatic nitrogens is 4. The Morgan fingerprint density at radius 1 is 0.573 bits per heavy atom. The van der Waals surface area contributed by atoms with Gasteiger partial charge in [-0.3, -0.25) is 24.0 Å². The molecule has 8 rings (SSSR count). The maximum atomic E-state index is 12.2. The number of rotatable bonds is 12. The number of hydrogen-bond donors (Lipinski definition) is 5. The van der Waals surface area contributed by atoms with E-state index in [1.165, 1.54) is 19.5 Å². The van der Waals surface area contributed by atoms with Crippen LogP contribution >= 0.6 is 11.6 Å². The number of carbonyl (C=O) groups is 5. The van der Waals surface area contributed by atoms with Crippen LogP contribution in [0.25, 0.3) is 22.5 Å². The summed E-state index contributed by atoms with van der Waals surface area (Å²) in [7, 11) is 0. The molecule has 0 saturated carbocycles. The van der Waals surface area contributed by atoms with Gasteiger partial charge in [-0.2, -0.15) is 13.2 Å². The number of carbonyl (C=O) groups excluding carboxylic acids is 5.